The summed E-state index contributed by atoms with van der Waals surface area (Å²) < 4.78 is 22.1. The van der Waals surface area contributed by atoms with Crippen LogP contribution in [-0.2, 0) is 14.8 Å². The first-order valence-corrected chi connectivity index (χ1v) is 7.01. The molecule has 0 aromatic heterocycles. The van der Waals surface area contributed by atoms with Gasteiger partial charge < -0.3 is 10.4 Å². The number of anilines is 1. The largest absolute Gasteiger partial charge is 0.480 e. The van der Waals surface area contributed by atoms with Crippen molar-refractivity contribution in [1.82, 2.24) is 0 Å². The van der Waals surface area contributed by atoms with E-state index in [4.69, 9.17) is 10.2 Å². The number of primary sulfonamides is 1. The van der Waals surface area contributed by atoms with Gasteiger partial charge in [-0.1, -0.05) is 13.3 Å². The standard InChI is InChI=1S/C11H16N2O4S/c1-2-3-10(11(14)15)13-8-4-6-9(7-5-8)18(12,16)17/h4-7,10,13H,2-3H2,1H3,(H,14,15)(H2,12,16,17). The highest BCUT2D eigenvalue weighted by Crippen LogP contribution is 2.15. The molecule has 0 saturated carbocycles. The van der Waals surface area contributed by atoms with Crippen LogP contribution >= 0.6 is 0 Å². The van der Waals surface area contributed by atoms with Crippen LogP contribution in [0.3, 0.4) is 0 Å². The third kappa shape index (κ3) is 4.01. The number of hydrogen-bond donors (Lipinski definition) is 3. The number of rotatable bonds is 6. The van der Waals surface area contributed by atoms with E-state index in [0.717, 1.165) is 6.42 Å². The van der Waals surface area contributed by atoms with E-state index >= 15 is 0 Å². The average Bonchev–Trinajstić information content (AvgIpc) is 2.28. The van der Waals surface area contributed by atoms with Gasteiger partial charge in [-0.25, -0.2) is 18.4 Å². The van der Waals surface area contributed by atoms with Crippen LogP contribution in [0.2, 0.25) is 0 Å². The molecule has 1 aromatic rings. The molecule has 0 fully saturated rings. The summed E-state index contributed by atoms with van der Waals surface area (Å²) in [4.78, 5) is 10.9. The molecule has 1 aromatic carbocycles. The highest BCUT2D eigenvalue weighted by atomic mass is 32.2. The quantitative estimate of drug-likeness (QED) is 0.715. The molecule has 0 aliphatic carbocycles. The molecule has 1 rings (SSSR count). The lowest BCUT2D eigenvalue weighted by Crippen LogP contribution is -2.28. The summed E-state index contributed by atoms with van der Waals surface area (Å²) in [7, 11) is -3.72. The molecule has 100 valence electrons. The van der Waals surface area contributed by atoms with Gasteiger partial charge in [-0.15, -0.1) is 0 Å². The maximum atomic E-state index is 11.0. The number of aliphatic carboxylic acids is 1. The van der Waals surface area contributed by atoms with Crippen LogP contribution in [-0.4, -0.2) is 25.5 Å². The molecule has 0 radical (unpaired) electrons. The summed E-state index contributed by atoms with van der Waals surface area (Å²) in [5.41, 5.74) is 0.545. The number of sulfonamides is 1. The van der Waals surface area contributed by atoms with E-state index in [-0.39, 0.29) is 4.90 Å². The zero-order chi connectivity index (χ0) is 13.8. The summed E-state index contributed by atoms with van der Waals surface area (Å²) >= 11 is 0. The van der Waals surface area contributed by atoms with Crippen molar-refractivity contribution in [3.8, 4) is 0 Å². The minimum absolute atomic E-state index is 0.00424. The van der Waals surface area contributed by atoms with E-state index in [1.807, 2.05) is 6.92 Å². The minimum Gasteiger partial charge on any atom is -0.480 e. The van der Waals surface area contributed by atoms with E-state index in [0.29, 0.717) is 12.1 Å². The van der Waals surface area contributed by atoms with Crippen LogP contribution in [0.25, 0.3) is 0 Å². The molecule has 0 aliphatic heterocycles. The molecule has 0 heterocycles. The lowest BCUT2D eigenvalue weighted by molar-refractivity contribution is -0.138. The van der Waals surface area contributed by atoms with Crippen molar-refractivity contribution in [2.75, 3.05) is 5.32 Å². The predicted molar refractivity (Wildman–Crippen MR) is 67.8 cm³/mol. The van der Waals surface area contributed by atoms with Gasteiger partial charge in [-0.3, -0.25) is 0 Å². The Morgan fingerprint density at radius 3 is 2.33 bits per heavy atom. The van der Waals surface area contributed by atoms with Gasteiger partial charge in [0.2, 0.25) is 10.0 Å². The number of carbonyl (C=O) groups is 1. The van der Waals surface area contributed by atoms with Gasteiger partial charge in [-0.2, -0.15) is 0 Å². The summed E-state index contributed by atoms with van der Waals surface area (Å²) in [6.45, 7) is 1.89. The zero-order valence-electron chi connectivity index (χ0n) is 9.96. The number of carboxylic acids is 1. The molecule has 0 saturated heterocycles. The number of nitrogens with two attached hydrogens (primary N) is 1. The SMILES string of the molecule is CCCC(Nc1ccc(S(N)(=O)=O)cc1)C(=O)O. The van der Waals surface area contributed by atoms with Crippen molar-refractivity contribution >= 4 is 21.7 Å². The first-order chi connectivity index (χ1) is 8.34. The van der Waals surface area contributed by atoms with E-state index in [9.17, 15) is 13.2 Å². The van der Waals surface area contributed by atoms with E-state index < -0.39 is 22.0 Å². The average molecular weight is 272 g/mol. The van der Waals surface area contributed by atoms with Gasteiger partial charge in [0.1, 0.15) is 6.04 Å². The molecular weight excluding hydrogens is 256 g/mol. The van der Waals surface area contributed by atoms with E-state index in [2.05, 4.69) is 5.32 Å². The van der Waals surface area contributed by atoms with Crippen LogP contribution in [0, 0.1) is 0 Å². The molecule has 1 unspecified atom stereocenters. The lowest BCUT2D eigenvalue weighted by atomic mass is 10.1. The normalized spacial score (nSPS) is 13.0. The third-order valence-electron chi connectivity index (χ3n) is 2.40. The highest BCUT2D eigenvalue weighted by Gasteiger charge is 2.16. The van der Waals surface area contributed by atoms with Crippen molar-refractivity contribution in [2.45, 2.75) is 30.7 Å². The molecule has 7 heteroatoms. The van der Waals surface area contributed by atoms with Gasteiger partial charge in [0, 0.05) is 5.69 Å². The van der Waals surface area contributed by atoms with Crippen molar-refractivity contribution in [1.29, 1.82) is 0 Å². The van der Waals surface area contributed by atoms with Gasteiger partial charge in [0.25, 0.3) is 0 Å². The monoisotopic (exact) mass is 272 g/mol. The smallest absolute Gasteiger partial charge is 0.326 e. The van der Waals surface area contributed by atoms with Crippen molar-refractivity contribution in [2.24, 2.45) is 5.14 Å². The van der Waals surface area contributed by atoms with Gasteiger partial charge in [0.15, 0.2) is 0 Å². The Kier molecular flexibility index (Phi) is 4.69. The first kappa shape index (κ1) is 14.5. The molecule has 0 aliphatic rings. The number of carboxylic acid groups (broad SMARTS) is 1. The van der Waals surface area contributed by atoms with Crippen LogP contribution in [0.5, 0.6) is 0 Å². The van der Waals surface area contributed by atoms with E-state index in [1.165, 1.54) is 24.3 Å². The second kappa shape index (κ2) is 5.83. The Hall–Kier alpha value is -1.60. The molecule has 0 bridgehead atoms. The number of hydrogen-bond acceptors (Lipinski definition) is 4. The van der Waals surface area contributed by atoms with Crippen molar-refractivity contribution < 1.29 is 18.3 Å². The molecule has 0 spiro atoms. The first-order valence-electron chi connectivity index (χ1n) is 5.46. The number of nitrogens with one attached hydrogen (secondary N) is 1. The lowest BCUT2D eigenvalue weighted by Gasteiger charge is -2.14. The van der Waals surface area contributed by atoms with Gasteiger partial charge >= 0.3 is 5.97 Å². The molecule has 1 atom stereocenters. The predicted octanol–water partition coefficient (Wildman–Crippen LogP) is 0.999. The van der Waals surface area contributed by atoms with Gasteiger partial charge in [-0.05, 0) is 30.7 Å². The fraction of sp³-hybridized carbons (Fsp3) is 0.364. The molecule has 6 nitrogen and oxygen atoms in total. The van der Waals surface area contributed by atoms with Crippen molar-refractivity contribution in [3.63, 3.8) is 0 Å². The highest BCUT2D eigenvalue weighted by molar-refractivity contribution is 7.89. The summed E-state index contributed by atoms with van der Waals surface area (Å²) in [5, 5.41) is 16.8. The second-order valence-corrected chi connectivity index (χ2v) is 5.45. The van der Waals surface area contributed by atoms with E-state index in [1.54, 1.807) is 0 Å². The van der Waals surface area contributed by atoms with Crippen molar-refractivity contribution in [3.05, 3.63) is 24.3 Å². The Balaban J connectivity index is 2.83. The zero-order valence-corrected chi connectivity index (χ0v) is 10.8. The molecule has 18 heavy (non-hydrogen) atoms. The number of benzene rings is 1. The van der Waals surface area contributed by atoms with Gasteiger partial charge in [0.05, 0.1) is 4.90 Å². The Bertz CT molecular complexity index is 510. The molecular formula is C11H16N2O4S. The fourth-order valence-corrected chi connectivity index (χ4v) is 2.00. The topological polar surface area (TPSA) is 109 Å². The second-order valence-electron chi connectivity index (χ2n) is 3.89. The molecule has 4 N–H and O–H groups in total. The minimum atomic E-state index is -3.72. The molecule has 0 amide bonds. The third-order valence-corrected chi connectivity index (χ3v) is 3.33. The Morgan fingerprint density at radius 1 is 1.39 bits per heavy atom. The Labute approximate surface area is 106 Å². The summed E-state index contributed by atoms with van der Waals surface area (Å²) in [6, 6.07) is 4.97. The van der Waals surface area contributed by atoms with Crippen LogP contribution in [0.1, 0.15) is 19.8 Å². The van der Waals surface area contributed by atoms with Crippen LogP contribution in [0.15, 0.2) is 29.2 Å². The van der Waals surface area contributed by atoms with Crippen LogP contribution in [0.4, 0.5) is 5.69 Å². The maximum absolute atomic E-state index is 11.0. The van der Waals surface area contributed by atoms with Crippen LogP contribution < -0.4 is 10.5 Å². The Morgan fingerprint density at radius 2 is 1.94 bits per heavy atom. The summed E-state index contributed by atoms with van der Waals surface area (Å²) in [5.74, 6) is -0.938. The summed E-state index contributed by atoms with van der Waals surface area (Å²) in [6.07, 6.45) is 1.23. The maximum Gasteiger partial charge on any atom is 0.326 e. The fourth-order valence-electron chi connectivity index (χ4n) is 1.49.